The number of pyridine rings is 1. The van der Waals surface area contributed by atoms with Gasteiger partial charge in [-0.3, -0.25) is 5.32 Å². The maximum atomic E-state index is 15.2. The summed E-state index contributed by atoms with van der Waals surface area (Å²) in [6.07, 6.45) is 4.07. The molecule has 0 spiro atoms. The van der Waals surface area contributed by atoms with E-state index in [1.807, 2.05) is 19.1 Å². The van der Waals surface area contributed by atoms with Crippen LogP contribution in [0.25, 0.3) is 31.8 Å². The van der Waals surface area contributed by atoms with Gasteiger partial charge in [0, 0.05) is 29.8 Å². The number of anilines is 1. The Hall–Kier alpha value is -4.42. The number of nitrogens with zero attached hydrogens (tertiary/aromatic N) is 5. The Morgan fingerprint density at radius 2 is 2.02 bits per heavy atom. The molecule has 13 heteroatoms. The molecular weight excluding hydrogens is 571 g/mol. The number of aromatic nitrogens is 4. The normalized spacial score (nSPS) is 12.9. The Kier molecular flexibility index (Phi) is 7.10. The minimum absolute atomic E-state index is 0.0741. The van der Waals surface area contributed by atoms with Crippen molar-refractivity contribution in [3.8, 4) is 22.2 Å². The molecule has 10 nitrogen and oxygen atoms in total. The van der Waals surface area contributed by atoms with Gasteiger partial charge in [-0.25, -0.2) is 34.1 Å². The number of halogens is 2. The number of hydrogen-bond donors (Lipinski definition) is 1. The molecule has 1 unspecified atom stereocenters. The molecule has 0 saturated carbocycles. The summed E-state index contributed by atoms with van der Waals surface area (Å²) in [6, 6.07) is 7.17. The van der Waals surface area contributed by atoms with Gasteiger partial charge in [0.1, 0.15) is 28.3 Å². The van der Waals surface area contributed by atoms with Crippen LogP contribution in [-0.2, 0) is 11.2 Å². The first-order valence-electron chi connectivity index (χ1n) is 12.5. The summed E-state index contributed by atoms with van der Waals surface area (Å²) in [6.45, 7) is 3.47. The molecule has 6 rings (SSSR count). The SMILES string of the molecule is COc1cnc2c(-c3nc4c(Cl)c(F)c(OCC(C)OC(=O)Nc5cnc6c(c5)CC=N6)cc4s3)cc(C)cc2n1. The van der Waals surface area contributed by atoms with E-state index in [1.165, 1.54) is 36.9 Å². The minimum atomic E-state index is -0.752. The van der Waals surface area contributed by atoms with Crippen molar-refractivity contribution in [2.24, 2.45) is 4.99 Å². The highest BCUT2D eigenvalue weighted by Crippen LogP contribution is 2.40. The predicted octanol–water partition coefficient (Wildman–Crippen LogP) is 6.69. The van der Waals surface area contributed by atoms with E-state index < -0.39 is 18.0 Å². The zero-order valence-electron chi connectivity index (χ0n) is 22.1. The van der Waals surface area contributed by atoms with Crippen molar-refractivity contribution in [1.29, 1.82) is 0 Å². The number of amides is 1. The lowest BCUT2D eigenvalue weighted by atomic mass is 10.1. The highest BCUT2D eigenvalue weighted by molar-refractivity contribution is 7.21. The molecule has 4 heterocycles. The number of fused-ring (bicyclic) bond motifs is 3. The van der Waals surface area contributed by atoms with Gasteiger partial charge in [-0.2, -0.15) is 0 Å². The molecular formula is C28H22ClFN6O4S. The fraction of sp³-hybridized carbons (Fsp3) is 0.214. The molecule has 5 aromatic rings. The van der Waals surface area contributed by atoms with Gasteiger partial charge >= 0.3 is 6.09 Å². The van der Waals surface area contributed by atoms with E-state index in [1.54, 1.807) is 19.2 Å². The molecule has 1 amide bonds. The lowest BCUT2D eigenvalue weighted by Gasteiger charge is -2.15. The molecule has 3 aromatic heterocycles. The summed E-state index contributed by atoms with van der Waals surface area (Å²) in [5.74, 6) is 0.210. The maximum absolute atomic E-state index is 15.2. The fourth-order valence-corrected chi connectivity index (χ4v) is 5.67. The summed E-state index contributed by atoms with van der Waals surface area (Å²) >= 11 is 7.71. The van der Waals surface area contributed by atoms with Crippen molar-refractivity contribution in [3.63, 3.8) is 0 Å². The average molecular weight is 593 g/mol. The van der Waals surface area contributed by atoms with Gasteiger partial charge in [-0.15, -0.1) is 11.3 Å². The third-order valence-corrected chi connectivity index (χ3v) is 7.62. The molecule has 0 saturated heterocycles. The average Bonchev–Trinajstić information content (AvgIpc) is 3.60. The topological polar surface area (TPSA) is 121 Å². The summed E-state index contributed by atoms with van der Waals surface area (Å²) in [5, 5.41) is 3.07. The van der Waals surface area contributed by atoms with E-state index >= 15 is 4.39 Å². The smallest absolute Gasteiger partial charge is 0.412 e. The van der Waals surface area contributed by atoms with Gasteiger partial charge < -0.3 is 14.2 Å². The second-order valence-electron chi connectivity index (χ2n) is 9.34. The highest BCUT2D eigenvalue weighted by atomic mass is 35.5. The molecule has 2 aromatic carbocycles. The van der Waals surface area contributed by atoms with Crippen molar-refractivity contribution in [2.75, 3.05) is 19.0 Å². The monoisotopic (exact) mass is 592 g/mol. The van der Waals surface area contributed by atoms with E-state index in [4.69, 9.17) is 25.8 Å². The number of aliphatic imine (C=N–C) groups is 1. The third kappa shape index (κ3) is 5.35. The van der Waals surface area contributed by atoms with Gasteiger partial charge in [0.25, 0.3) is 0 Å². The number of methoxy groups -OCH3 is 1. The predicted molar refractivity (Wildman–Crippen MR) is 156 cm³/mol. The first kappa shape index (κ1) is 26.8. The zero-order valence-corrected chi connectivity index (χ0v) is 23.6. The van der Waals surface area contributed by atoms with E-state index in [0.717, 1.165) is 16.7 Å². The first-order chi connectivity index (χ1) is 19.8. The maximum Gasteiger partial charge on any atom is 0.412 e. The van der Waals surface area contributed by atoms with Crippen molar-refractivity contribution in [1.82, 2.24) is 19.9 Å². The van der Waals surface area contributed by atoms with Crippen molar-refractivity contribution in [3.05, 3.63) is 58.6 Å². The number of nitrogens with one attached hydrogen (secondary N) is 1. The number of carbonyl (C=O) groups excluding carboxylic acids is 1. The molecule has 1 aliphatic heterocycles. The molecule has 0 aliphatic carbocycles. The Morgan fingerprint density at radius 3 is 2.85 bits per heavy atom. The molecule has 1 N–H and O–H groups in total. The summed E-state index contributed by atoms with van der Waals surface area (Å²) in [5.41, 5.74) is 4.70. The molecule has 1 atom stereocenters. The number of ether oxygens (including phenoxy) is 3. The van der Waals surface area contributed by atoms with Crippen LogP contribution in [0.5, 0.6) is 11.6 Å². The summed E-state index contributed by atoms with van der Waals surface area (Å²) < 4.78 is 32.1. The lowest BCUT2D eigenvalue weighted by molar-refractivity contribution is 0.0844. The fourth-order valence-electron chi connectivity index (χ4n) is 4.35. The van der Waals surface area contributed by atoms with Gasteiger partial charge in [-0.1, -0.05) is 11.6 Å². The summed E-state index contributed by atoms with van der Waals surface area (Å²) in [7, 11) is 1.53. The minimum Gasteiger partial charge on any atom is -0.487 e. The largest absolute Gasteiger partial charge is 0.487 e. The van der Waals surface area contributed by atoms with Crippen molar-refractivity contribution >= 4 is 68.0 Å². The van der Waals surface area contributed by atoms with Gasteiger partial charge in [-0.05, 0) is 37.6 Å². The van der Waals surface area contributed by atoms with Crippen LogP contribution in [0.3, 0.4) is 0 Å². The van der Waals surface area contributed by atoms with Crippen LogP contribution < -0.4 is 14.8 Å². The molecule has 1 aliphatic rings. The standard InChI is InChI=1S/C28H22ClFN6O4S/c1-13-6-17(24-18(7-13)35-21(38-3)11-32-24)27-36-25-20(41-27)9-19(23(30)22(25)29)39-12-14(2)40-28(37)34-16-8-15-4-5-31-26(15)33-10-16/h5-11,14H,4,12H2,1-3H3,(H,34,37). The Balaban J connectivity index is 1.18. The highest BCUT2D eigenvalue weighted by Gasteiger charge is 2.21. The number of hydrogen-bond acceptors (Lipinski definition) is 10. The van der Waals surface area contributed by atoms with E-state index in [0.29, 0.717) is 50.1 Å². The lowest BCUT2D eigenvalue weighted by Crippen LogP contribution is -2.25. The zero-order chi connectivity index (χ0) is 28.7. The van der Waals surface area contributed by atoms with Crippen LogP contribution in [0, 0.1) is 12.7 Å². The van der Waals surface area contributed by atoms with E-state index in [-0.39, 0.29) is 17.4 Å². The van der Waals surface area contributed by atoms with Crippen LogP contribution in [0.1, 0.15) is 18.1 Å². The van der Waals surface area contributed by atoms with E-state index in [2.05, 4.69) is 30.2 Å². The number of thiazole rings is 1. The van der Waals surface area contributed by atoms with E-state index in [9.17, 15) is 4.79 Å². The Bertz CT molecular complexity index is 1860. The van der Waals surface area contributed by atoms with Crippen LogP contribution >= 0.6 is 22.9 Å². The first-order valence-corrected chi connectivity index (χ1v) is 13.7. The quantitative estimate of drug-likeness (QED) is 0.222. The van der Waals surface area contributed by atoms with Crippen LogP contribution in [0.4, 0.5) is 20.7 Å². The molecule has 41 heavy (non-hydrogen) atoms. The Morgan fingerprint density at radius 1 is 1.17 bits per heavy atom. The number of aryl methyl sites for hydroxylation is 1. The van der Waals surface area contributed by atoms with Crippen LogP contribution in [-0.4, -0.2) is 52.1 Å². The van der Waals surface area contributed by atoms with Crippen LogP contribution in [0.15, 0.2) is 41.7 Å². The number of carbonyl (C=O) groups is 1. The van der Waals surface area contributed by atoms with Crippen LogP contribution in [0.2, 0.25) is 5.02 Å². The second-order valence-corrected chi connectivity index (χ2v) is 10.7. The molecule has 0 radical (unpaired) electrons. The van der Waals surface area contributed by atoms with Crippen molar-refractivity contribution in [2.45, 2.75) is 26.4 Å². The van der Waals surface area contributed by atoms with Gasteiger partial charge in [0.05, 0.1) is 40.9 Å². The molecule has 208 valence electrons. The summed E-state index contributed by atoms with van der Waals surface area (Å²) in [4.78, 5) is 34.3. The van der Waals surface area contributed by atoms with Gasteiger partial charge in [0.15, 0.2) is 17.4 Å². The molecule has 0 fully saturated rings. The number of benzene rings is 2. The van der Waals surface area contributed by atoms with Gasteiger partial charge in [0.2, 0.25) is 5.88 Å². The Labute approximate surface area is 242 Å². The third-order valence-electron chi connectivity index (χ3n) is 6.24. The molecule has 0 bridgehead atoms. The number of rotatable bonds is 7. The second kappa shape index (κ2) is 10.9. The van der Waals surface area contributed by atoms with Crippen molar-refractivity contribution < 1.29 is 23.4 Å².